The standard InChI is InChI=1S/C21H24N2O2/c1-14-9-10-19(15(2)11-14)22-21(25)18-12-20(24)23(13-18)16(3)17-7-5-4-6-8-17/h4-11,16,18H,12-13H2,1-3H3,(H,22,25)/t16-,18-/m1/s1. The van der Waals surface area contributed by atoms with Crippen molar-refractivity contribution in [3.05, 3.63) is 65.2 Å². The minimum absolute atomic E-state index is 0.0207. The molecule has 1 N–H and O–H groups in total. The molecule has 4 heteroatoms. The second-order valence-electron chi connectivity index (χ2n) is 6.84. The molecule has 4 nitrogen and oxygen atoms in total. The Hall–Kier alpha value is -2.62. The van der Waals surface area contributed by atoms with Crippen molar-refractivity contribution >= 4 is 17.5 Å². The van der Waals surface area contributed by atoms with Gasteiger partial charge in [-0.05, 0) is 38.0 Å². The third-order valence-electron chi connectivity index (χ3n) is 4.92. The molecule has 0 spiro atoms. The van der Waals surface area contributed by atoms with Gasteiger partial charge in [0.1, 0.15) is 0 Å². The summed E-state index contributed by atoms with van der Waals surface area (Å²) < 4.78 is 0. The van der Waals surface area contributed by atoms with Gasteiger partial charge in [-0.1, -0.05) is 48.0 Å². The Morgan fingerprint density at radius 1 is 1.16 bits per heavy atom. The summed E-state index contributed by atoms with van der Waals surface area (Å²) in [6.45, 7) is 6.48. The Bertz CT molecular complexity index is 786. The van der Waals surface area contributed by atoms with E-state index < -0.39 is 0 Å². The summed E-state index contributed by atoms with van der Waals surface area (Å²) in [7, 11) is 0. The summed E-state index contributed by atoms with van der Waals surface area (Å²) in [6.07, 6.45) is 0.272. The van der Waals surface area contributed by atoms with E-state index in [1.807, 2.05) is 74.2 Å². The van der Waals surface area contributed by atoms with Gasteiger partial charge in [-0.15, -0.1) is 0 Å². The molecule has 25 heavy (non-hydrogen) atoms. The van der Waals surface area contributed by atoms with Crippen molar-refractivity contribution < 1.29 is 9.59 Å². The van der Waals surface area contributed by atoms with Crippen LogP contribution in [-0.2, 0) is 9.59 Å². The molecule has 0 radical (unpaired) electrons. The Labute approximate surface area is 148 Å². The molecule has 1 aliphatic heterocycles. The van der Waals surface area contributed by atoms with Crippen molar-refractivity contribution in [2.75, 3.05) is 11.9 Å². The number of hydrogen-bond acceptors (Lipinski definition) is 2. The lowest BCUT2D eigenvalue weighted by atomic mass is 10.1. The summed E-state index contributed by atoms with van der Waals surface area (Å²) in [6, 6.07) is 15.8. The lowest BCUT2D eigenvalue weighted by Gasteiger charge is -2.25. The number of rotatable bonds is 4. The van der Waals surface area contributed by atoms with E-state index in [2.05, 4.69) is 5.32 Å². The van der Waals surface area contributed by atoms with Gasteiger partial charge in [0.15, 0.2) is 0 Å². The van der Waals surface area contributed by atoms with E-state index in [4.69, 9.17) is 0 Å². The summed E-state index contributed by atoms with van der Waals surface area (Å²) >= 11 is 0. The predicted octanol–water partition coefficient (Wildman–Crippen LogP) is 3.85. The number of amides is 2. The highest BCUT2D eigenvalue weighted by atomic mass is 16.2. The lowest BCUT2D eigenvalue weighted by Crippen LogP contribution is -2.30. The van der Waals surface area contributed by atoms with Crippen LogP contribution in [-0.4, -0.2) is 23.3 Å². The van der Waals surface area contributed by atoms with Crippen LogP contribution in [0.15, 0.2) is 48.5 Å². The van der Waals surface area contributed by atoms with Crippen LogP contribution in [0.1, 0.15) is 36.1 Å². The molecule has 1 saturated heterocycles. The van der Waals surface area contributed by atoms with Crippen molar-refractivity contribution in [2.24, 2.45) is 5.92 Å². The maximum absolute atomic E-state index is 12.6. The molecule has 130 valence electrons. The number of carbonyl (C=O) groups is 2. The molecule has 2 atom stereocenters. The largest absolute Gasteiger partial charge is 0.335 e. The Morgan fingerprint density at radius 3 is 2.56 bits per heavy atom. The number of anilines is 1. The number of carbonyl (C=O) groups excluding carboxylic acids is 2. The number of hydrogen-bond donors (Lipinski definition) is 1. The topological polar surface area (TPSA) is 49.4 Å². The number of nitrogens with zero attached hydrogens (tertiary/aromatic N) is 1. The molecule has 0 aromatic heterocycles. The molecular weight excluding hydrogens is 312 g/mol. The van der Waals surface area contributed by atoms with E-state index in [0.717, 1.165) is 22.4 Å². The van der Waals surface area contributed by atoms with Crippen molar-refractivity contribution in [1.29, 1.82) is 0 Å². The Morgan fingerprint density at radius 2 is 1.88 bits per heavy atom. The highest BCUT2D eigenvalue weighted by Crippen LogP contribution is 2.29. The molecule has 0 unspecified atom stereocenters. The van der Waals surface area contributed by atoms with E-state index in [0.29, 0.717) is 6.54 Å². The second kappa shape index (κ2) is 7.09. The van der Waals surface area contributed by atoms with Crippen LogP contribution in [0.3, 0.4) is 0 Å². The smallest absolute Gasteiger partial charge is 0.229 e. The van der Waals surface area contributed by atoms with Gasteiger partial charge in [0.25, 0.3) is 0 Å². The zero-order chi connectivity index (χ0) is 18.0. The van der Waals surface area contributed by atoms with Gasteiger partial charge in [0, 0.05) is 18.7 Å². The minimum Gasteiger partial charge on any atom is -0.335 e. The van der Waals surface area contributed by atoms with Crippen LogP contribution in [0.4, 0.5) is 5.69 Å². The second-order valence-corrected chi connectivity index (χ2v) is 6.84. The maximum atomic E-state index is 12.6. The summed E-state index contributed by atoms with van der Waals surface area (Å²) in [5.74, 6) is -0.348. The highest BCUT2D eigenvalue weighted by Gasteiger charge is 2.37. The van der Waals surface area contributed by atoms with Crippen LogP contribution in [0.2, 0.25) is 0 Å². The molecular formula is C21H24N2O2. The first-order chi connectivity index (χ1) is 12.0. The fourth-order valence-electron chi connectivity index (χ4n) is 3.38. The lowest BCUT2D eigenvalue weighted by molar-refractivity contribution is -0.129. The van der Waals surface area contributed by atoms with Crippen molar-refractivity contribution in [3.63, 3.8) is 0 Å². The van der Waals surface area contributed by atoms with Crippen molar-refractivity contribution in [2.45, 2.75) is 33.2 Å². The first-order valence-corrected chi connectivity index (χ1v) is 8.68. The molecule has 1 aliphatic rings. The van der Waals surface area contributed by atoms with Gasteiger partial charge < -0.3 is 10.2 Å². The van der Waals surface area contributed by atoms with Crippen LogP contribution in [0.25, 0.3) is 0 Å². The number of aryl methyl sites for hydroxylation is 2. The molecule has 1 fully saturated rings. The van der Waals surface area contributed by atoms with Crippen molar-refractivity contribution in [1.82, 2.24) is 4.90 Å². The molecule has 2 aromatic carbocycles. The fourth-order valence-corrected chi connectivity index (χ4v) is 3.38. The van der Waals surface area contributed by atoms with Gasteiger partial charge >= 0.3 is 0 Å². The van der Waals surface area contributed by atoms with Gasteiger partial charge in [0.05, 0.1) is 12.0 Å². The quantitative estimate of drug-likeness (QED) is 0.922. The molecule has 0 aliphatic carbocycles. The molecule has 0 saturated carbocycles. The highest BCUT2D eigenvalue weighted by molar-refractivity contribution is 5.97. The van der Waals surface area contributed by atoms with Crippen LogP contribution < -0.4 is 5.32 Å². The van der Waals surface area contributed by atoms with Gasteiger partial charge in [-0.25, -0.2) is 0 Å². The van der Waals surface area contributed by atoms with Gasteiger partial charge in [-0.3, -0.25) is 9.59 Å². The molecule has 2 amide bonds. The van der Waals surface area contributed by atoms with Crippen LogP contribution in [0.5, 0.6) is 0 Å². The summed E-state index contributed by atoms with van der Waals surface area (Å²) in [5, 5.41) is 2.98. The molecule has 3 rings (SSSR count). The minimum atomic E-state index is -0.306. The Kier molecular flexibility index (Phi) is 4.88. The summed E-state index contributed by atoms with van der Waals surface area (Å²) in [4.78, 5) is 26.8. The van der Waals surface area contributed by atoms with E-state index >= 15 is 0 Å². The molecule has 0 bridgehead atoms. The van der Waals surface area contributed by atoms with Gasteiger partial charge in [0.2, 0.25) is 11.8 Å². The molecule has 1 heterocycles. The zero-order valence-corrected chi connectivity index (χ0v) is 15.0. The number of nitrogens with one attached hydrogen (secondary N) is 1. The third-order valence-corrected chi connectivity index (χ3v) is 4.92. The average molecular weight is 336 g/mol. The zero-order valence-electron chi connectivity index (χ0n) is 15.0. The van der Waals surface area contributed by atoms with E-state index in [-0.39, 0.29) is 30.2 Å². The van der Waals surface area contributed by atoms with Gasteiger partial charge in [-0.2, -0.15) is 0 Å². The maximum Gasteiger partial charge on any atom is 0.229 e. The van der Waals surface area contributed by atoms with E-state index in [9.17, 15) is 9.59 Å². The monoisotopic (exact) mass is 336 g/mol. The first kappa shape index (κ1) is 17.2. The van der Waals surface area contributed by atoms with Crippen LogP contribution >= 0.6 is 0 Å². The van der Waals surface area contributed by atoms with E-state index in [1.165, 1.54) is 0 Å². The van der Waals surface area contributed by atoms with Crippen LogP contribution in [0, 0.1) is 19.8 Å². The third kappa shape index (κ3) is 3.73. The predicted molar refractivity (Wildman–Crippen MR) is 99.2 cm³/mol. The fraction of sp³-hybridized carbons (Fsp3) is 0.333. The molecule has 2 aromatic rings. The average Bonchev–Trinajstić information content (AvgIpc) is 2.99. The normalized spacial score (nSPS) is 18.3. The Balaban J connectivity index is 1.68. The van der Waals surface area contributed by atoms with E-state index in [1.54, 1.807) is 0 Å². The SMILES string of the molecule is Cc1ccc(NC(=O)[C@@H]2CC(=O)N([C@H](C)c3ccccc3)C2)c(C)c1. The number of benzene rings is 2. The summed E-state index contributed by atoms with van der Waals surface area (Å²) in [5.41, 5.74) is 4.10. The first-order valence-electron chi connectivity index (χ1n) is 8.68. The number of likely N-dealkylation sites (tertiary alicyclic amines) is 1. The van der Waals surface area contributed by atoms with Crippen molar-refractivity contribution in [3.8, 4) is 0 Å².